The first-order valence-electron chi connectivity index (χ1n) is 10.1. The molecular weight excluding hydrogens is 372 g/mol. The monoisotopic (exact) mass is 402 g/mol. The first-order valence-corrected chi connectivity index (χ1v) is 11.5. The minimum absolute atomic E-state index is 0.500. The highest BCUT2D eigenvalue weighted by Crippen LogP contribution is 2.35. The van der Waals surface area contributed by atoms with Gasteiger partial charge in [-0.15, -0.1) is 0 Å². The van der Waals surface area contributed by atoms with E-state index in [2.05, 4.69) is 60.4 Å². The van der Waals surface area contributed by atoms with Gasteiger partial charge in [-0.3, -0.25) is 4.72 Å². The van der Waals surface area contributed by atoms with Crippen molar-refractivity contribution < 1.29 is 0 Å². The lowest BCUT2D eigenvalue weighted by atomic mass is 9.75. The quantitative estimate of drug-likeness (QED) is 0.434. The highest BCUT2D eigenvalue weighted by molar-refractivity contribution is 7.97. The molecule has 2 aromatic rings. The predicted molar refractivity (Wildman–Crippen MR) is 120 cm³/mol. The van der Waals surface area contributed by atoms with Gasteiger partial charge in [-0.1, -0.05) is 60.8 Å². The van der Waals surface area contributed by atoms with Gasteiger partial charge in [0.25, 0.3) is 0 Å². The number of hydrogen-bond acceptors (Lipinski definition) is 3. The Morgan fingerprint density at radius 3 is 2.81 bits per heavy atom. The second-order valence-corrected chi connectivity index (χ2v) is 8.82. The Labute approximate surface area is 173 Å². The van der Waals surface area contributed by atoms with Crippen LogP contribution in [0.15, 0.2) is 42.5 Å². The number of rotatable bonds is 9. The third-order valence-electron chi connectivity index (χ3n) is 5.46. The van der Waals surface area contributed by atoms with Crippen LogP contribution in [0.3, 0.4) is 0 Å². The van der Waals surface area contributed by atoms with Gasteiger partial charge < -0.3 is 5.32 Å². The summed E-state index contributed by atoms with van der Waals surface area (Å²) in [5.41, 5.74) is 5.81. The van der Waals surface area contributed by atoms with Crippen molar-refractivity contribution >= 4 is 23.5 Å². The normalized spacial score (nSPS) is 19.1. The van der Waals surface area contributed by atoms with Crippen molar-refractivity contribution in [2.24, 2.45) is 0 Å². The van der Waals surface area contributed by atoms with Gasteiger partial charge in [-0.2, -0.15) is 0 Å². The van der Waals surface area contributed by atoms with E-state index in [1.807, 2.05) is 18.0 Å². The fourth-order valence-electron chi connectivity index (χ4n) is 4.06. The van der Waals surface area contributed by atoms with Crippen molar-refractivity contribution in [1.82, 2.24) is 10.0 Å². The van der Waals surface area contributed by atoms with Crippen molar-refractivity contribution in [3.63, 3.8) is 0 Å². The van der Waals surface area contributed by atoms with Crippen molar-refractivity contribution in [2.75, 3.05) is 19.3 Å². The molecule has 2 nitrogen and oxygen atoms in total. The molecule has 2 unspecified atom stereocenters. The topological polar surface area (TPSA) is 24.1 Å². The first kappa shape index (κ1) is 20.7. The maximum atomic E-state index is 6.23. The van der Waals surface area contributed by atoms with Crippen molar-refractivity contribution in [2.45, 2.75) is 51.0 Å². The molecule has 27 heavy (non-hydrogen) atoms. The Bertz CT molecular complexity index is 734. The molecule has 0 spiro atoms. The van der Waals surface area contributed by atoms with E-state index in [4.69, 9.17) is 11.6 Å². The van der Waals surface area contributed by atoms with Crippen LogP contribution in [-0.2, 0) is 19.3 Å². The number of benzene rings is 2. The second-order valence-electron chi connectivity index (χ2n) is 7.40. The number of nitrogens with one attached hydrogen (secondary N) is 2. The van der Waals surface area contributed by atoms with Gasteiger partial charge in [0.2, 0.25) is 0 Å². The highest BCUT2D eigenvalue weighted by atomic mass is 35.5. The summed E-state index contributed by atoms with van der Waals surface area (Å²) in [5.74, 6) is 1.68. The summed E-state index contributed by atoms with van der Waals surface area (Å²) in [4.78, 5) is 0. The van der Waals surface area contributed by atoms with Gasteiger partial charge >= 0.3 is 0 Å². The van der Waals surface area contributed by atoms with Crippen LogP contribution in [0.4, 0.5) is 0 Å². The maximum absolute atomic E-state index is 6.23. The smallest absolute Gasteiger partial charge is 0.0408 e. The summed E-state index contributed by atoms with van der Waals surface area (Å²) in [5, 5.41) is 4.39. The van der Waals surface area contributed by atoms with Crippen LogP contribution in [0.1, 0.15) is 47.9 Å². The van der Waals surface area contributed by atoms with Gasteiger partial charge in [0.15, 0.2) is 0 Å². The van der Waals surface area contributed by atoms with E-state index in [9.17, 15) is 0 Å². The number of likely N-dealkylation sites (N-methyl/N-ethyl adjacent to an activating group) is 1. The van der Waals surface area contributed by atoms with E-state index in [1.165, 1.54) is 40.8 Å². The third-order valence-corrected chi connectivity index (χ3v) is 6.72. The third kappa shape index (κ3) is 5.74. The Morgan fingerprint density at radius 2 is 2.04 bits per heavy atom. The molecule has 0 aliphatic heterocycles. The average molecular weight is 403 g/mol. The molecule has 0 fully saturated rings. The average Bonchev–Trinajstić information content (AvgIpc) is 2.68. The molecule has 1 aliphatic rings. The second kappa shape index (κ2) is 10.5. The fourth-order valence-corrected chi connectivity index (χ4v) is 4.87. The SMILES string of the molecule is CCCSNCCc1ccc2c(c1)C(Cc1cccc(Cl)c1)C(NC)CC2. The Balaban J connectivity index is 1.76. The van der Waals surface area contributed by atoms with E-state index in [1.54, 1.807) is 0 Å². The summed E-state index contributed by atoms with van der Waals surface area (Å²) in [6, 6.07) is 16.0. The van der Waals surface area contributed by atoms with Crippen molar-refractivity contribution in [1.29, 1.82) is 0 Å². The van der Waals surface area contributed by atoms with Crippen LogP contribution in [0.5, 0.6) is 0 Å². The van der Waals surface area contributed by atoms with Crippen molar-refractivity contribution in [3.05, 3.63) is 69.7 Å². The molecule has 0 aromatic heterocycles. The molecule has 3 rings (SSSR count). The molecule has 0 amide bonds. The van der Waals surface area contributed by atoms with Gasteiger partial charge in [0.1, 0.15) is 0 Å². The molecule has 0 heterocycles. The number of halogens is 1. The molecule has 4 heteroatoms. The van der Waals surface area contributed by atoms with Gasteiger partial charge in [0.05, 0.1) is 0 Å². The van der Waals surface area contributed by atoms with E-state index in [-0.39, 0.29) is 0 Å². The zero-order valence-corrected chi connectivity index (χ0v) is 18.0. The molecular formula is C23H31ClN2S. The first-order chi connectivity index (χ1) is 13.2. The van der Waals surface area contributed by atoms with E-state index < -0.39 is 0 Å². The van der Waals surface area contributed by atoms with Gasteiger partial charge in [-0.05, 0) is 73.5 Å². The lowest BCUT2D eigenvalue weighted by molar-refractivity contribution is 0.409. The Hall–Kier alpha value is -1.00. The minimum Gasteiger partial charge on any atom is -0.316 e. The summed E-state index contributed by atoms with van der Waals surface area (Å²) >= 11 is 8.06. The molecule has 1 aliphatic carbocycles. The zero-order valence-electron chi connectivity index (χ0n) is 16.4. The molecule has 146 valence electrons. The molecule has 2 N–H and O–H groups in total. The van der Waals surface area contributed by atoms with Crippen LogP contribution in [0.25, 0.3) is 0 Å². The van der Waals surface area contributed by atoms with Gasteiger partial charge in [-0.25, -0.2) is 0 Å². The van der Waals surface area contributed by atoms with E-state index >= 15 is 0 Å². The van der Waals surface area contributed by atoms with Crippen molar-refractivity contribution in [3.8, 4) is 0 Å². The van der Waals surface area contributed by atoms with Crippen LogP contribution >= 0.6 is 23.5 Å². The minimum atomic E-state index is 0.500. The Kier molecular flexibility index (Phi) is 8.07. The molecule has 0 bridgehead atoms. The Morgan fingerprint density at radius 1 is 1.15 bits per heavy atom. The van der Waals surface area contributed by atoms with E-state index in [0.717, 1.165) is 30.8 Å². The largest absolute Gasteiger partial charge is 0.316 e. The molecule has 0 radical (unpaired) electrons. The number of fused-ring (bicyclic) bond motifs is 1. The summed E-state index contributed by atoms with van der Waals surface area (Å²) < 4.78 is 3.48. The molecule has 2 aromatic carbocycles. The number of hydrogen-bond donors (Lipinski definition) is 2. The van der Waals surface area contributed by atoms with Crippen LogP contribution in [0, 0.1) is 0 Å². The summed E-state index contributed by atoms with van der Waals surface area (Å²) in [6.45, 7) is 3.24. The summed E-state index contributed by atoms with van der Waals surface area (Å²) in [6.07, 6.45) is 5.69. The standard InChI is InChI=1S/C23H31ClN2S/c1-3-13-27-26-12-11-17-7-8-19-9-10-23(25-2)22(21(19)15-17)16-18-5-4-6-20(24)14-18/h4-8,14-15,22-23,25-26H,3,9-13,16H2,1-2H3. The van der Waals surface area contributed by atoms with Crippen LogP contribution in [-0.4, -0.2) is 25.4 Å². The highest BCUT2D eigenvalue weighted by Gasteiger charge is 2.28. The maximum Gasteiger partial charge on any atom is 0.0408 e. The summed E-state index contributed by atoms with van der Waals surface area (Å²) in [7, 11) is 2.10. The van der Waals surface area contributed by atoms with E-state index in [0.29, 0.717) is 12.0 Å². The van der Waals surface area contributed by atoms with Gasteiger partial charge in [0, 0.05) is 29.3 Å². The lowest BCUT2D eigenvalue weighted by Gasteiger charge is -2.34. The molecule has 0 saturated carbocycles. The number of aryl methyl sites for hydroxylation is 1. The lowest BCUT2D eigenvalue weighted by Crippen LogP contribution is -2.37. The van der Waals surface area contributed by atoms with Crippen LogP contribution in [0.2, 0.25) is 5.02 Å². The molecule has 2 atom stereocenters. The predicted octanol–water partition coefficient (Wildman–Crippen LogP) is 5.39. The fraction of sp³-hybridized carbons (Fsp3) is 0.478. The zero-order chi connectivity index (χ0) is 19.1. The molecule has 0 saturated heterocycles. The van der Waals surface area contributed by atoms with Crippen LogP contribution < -0.4 is 10.0 Å².